The average molecular weight is 308 g/mol. The van der Waals surface area contributed by atoms with Crippen LogP contribution < -0.4 is 5.32 Å². The second kappa shape index (κ2) is 5.96. The predicted molar refractivity (Wildman–Crippen MR) is 88.8 cm³/mol. The van der Waals surface area contributed by atoms with Crippen molar-refractivity contribution >= 4 is 28.5 Å². The largest absolute Gasteiger partial charge is 0.465 e. The van der Waals surface area contributed by atoms with E-state index in [1.54, 1.807) is 24.3 Å². The maximum atomic E-state index is 12.6. The van der Waals surface area contributed by atoms with Crippen molar-refractivity contribution in [3.05, 3.63) is 65.4 Å². The Kier molecular flexibility index (Phi) is 3.85. The molecule has 0 saturated heterocycles. The van der Waals surface area contributed by atoms with Gasteiger partial charge in [0.1, 0.15) is 5.69 Å². The van der Waals surface area contributed by atoms with Gasteiger partial charge in [0, 0.05) is 10.9 Å². The van der Waals surface area contributed by atoms with E-state index < -0.39 is 5.97 Å². The number of hydrogen-bond donors (Lipinski definition) is 2. The van der Waals surface area contributed by atoms with E-state index in [2.05, 4.69) is 10.3 Å². The summed E-state index contributed by atoms with van der Waals surface area (Å²) in [5.74, 6) is -0.788. The number of anilines is 1. The van der Waals surface area contributed by atoms with Gasteiger partial charge in [-0.15, -0.1) is 0 Å². The highest BCUT2D eigenvalue weighted by Gasteiger charge is 2.18. The summed E-state index contributed by atoms with van der Waals surface area (Å²) in [4.78, 5) is 27.5. The van der Waals surface area contributed by atoms with Crippen LogP contribution in [-0.4, -0.2) is 24.0 Å². The number of rotatable bonds is 3. The summed E-state index contributed by atoms with van der Waals surface area (Å²) in [6, 6.07) is 14.5. The van der Waals surface area contributed by atoms with Crippen molar-refractivity contribution in [2.75, 3.05) is 12.4 Å². The average Bonchev–Trinajstić information content (AvgIpc) is 2.92. The summed E-state index contributed by atoms with van der Waals surface area (Å²) in [7, 11) is 1.31. The molecule has 0 unspecified atom stereocenters. The Bertz CT molecular complexity index is 896. The van der Waals surface area contributed by atoms with Crippen LogP contribution >= 0.6 is 0 Å². The molecule has 5 heteroatoms. The van der Waals surface area contributed by atoms with Crippen molar-refractivity contribution < 1.29 is 14.3 Å². The molecule has 116 valence electrons. The normalized spacial score (nSPS) is 10.5. The molecule has 2 aromatic carbocycles. The van der Waals surface area contributed by atoms with Gasteiger partial charge in [0.2, 0.25) is 0 Å². The van der Waals surface area contributed by atoms with Crippen LogP contribution in [0.5, 0.6) is 0 Å². The quantitative estimate of drug-likeness (QED) is 0.727. The smallest absolute Gasteiger partial charge is 0.339 e. The summed E-state index contributed by atoms with van der Waals surface area (Å²) < 4.78 is 4.74. The topological polar surface area (TPSA) is 71.2 Å². The van der Waals surface area contributed by atoms with Crippen molar-refractivity contribution in [3.63, 3.8) is 0 Å². The van der Waals surface area contributed by atoms with Gasteiger partial charge in [-0.3, -0.25) is 4.79 Å². The molecule has 0 fully saturated rings. The van der Waals surface area contributed by atoms with E-state index in [0.29, 0.717) is 16.9 Å². The summed E-state index contributed by atoms with van der Waals surface area (Å²) in [6.07, 6.45) is 0. The second-order valence-electron chi connectivity index (χ2n) is 5.16. The number of aryl methyl sites for hydroxylation is 1. The van der Waals surface area contributed by atoms with Crippen LogP contribution in [0.2, 0.25) is 0 Å². The standard InChI is InChI=1S/C18H16N2O3/c1-11-12-7-3-5-9-14(12)19-16(11)17(21)20-15-10-6-4-8-13(15)18(22)23-2/h3-10,19H,1-2H3,(H,20,21). The Balaban J connectivity index is 1.96. The third-order valence-corrected chi connectivity index (χ3v) is 3.77. The maximum Gasteiger partial charge on any atom is 0.339 e. The molecule has 1 aromatic heterocycles. The van der Waals surface area contributed by atoms with Gasteiger partial charge in [0.05, 0.1) is 18.4 Å². The highest BCUT2D eigenvalue weighted by molar-refractivity contribution is 6.10. The molecule has 23 heavy (non-hydrogen) atoms. The van der Waals surface area contributed by atoms with Gasteiger partial charge < -0.3 is 15.0 Å². The first-order chi connectivity index (χ1) is 11.1. The number of fused-ring (bicyclic) bond motifs is 1. The Morgan fingerprint density at radius 2 is 1.74 bits per heavy atom. The van der Waals surface area contributed by atoms with Crippen molar-refractivity contribution in [3.8, 4) is 0 Å². The molecule has 0 aliphatic rings. The number of benzene rings is 2. The summed E-state index contributed by atoms with van der Waals surface area (Å²) >= 11 is 0. The number of carbonyl (C=O) groups excluding carboxylic acids is 2. The Morgan fingerprint density at radius 1 is 1.04 bits per heavy atom. The van der Waals surface area contributed by atoms with Crippen LogP contribution in [-0.2, 0) is 4.74 Å². The zero-order valence-electron chi connectivity index (χ0n) is 12.8. The first kappa shape index (κ1) is 14.8. The lowest BCUT2D eigenvalue weighted by Gasteiger charge is -2.09. The van der Waals surface area contributed by atoms with Crippen LogP contribution in [0.3, 0.4) is 0 Å². The molecule has 0 atom stereocenters. The summed E-state index contributed by atoms with van der Waals surface area (Å²) in [6.45, 7) is 1.89. The predicted octanol–water partition coefficient (Wildman–Crippen LogP) is 3.52. The summed E-state index contributed by atoms with van der Waals surface area (Å²) in [5, 5.41) is 3.77. The van der Waals surface area contributed by atoms with Gasteiger partial charge in [0.25, 0.3) is 5.91 Å². The Hall–Kier alpha value is -3.08. The van der Waals surface area contributed by atoms with Crippen LogP contribution in [0.4, 0.5) is 5.69 Å². The lowest BCUT2D eigenvalue weighted by atomic mass is 10.1. The number of hydrogen-bond acceptors (Lipinski definition) is 3. The van der Waals surface area contributed by atoms with E-state index in [1.807, 2.05) is 31.2 Å². The number of nitrogens with one attached hydrogen (secondary N) is 2. The van der Waals surface area contributed by atoms with Gasteiger partial charge in [-0.2, -0.15) is 0 Å². The molecule has 3 aromatic rings. The van der Waals surface area contributed by atoms with Gasteiger partial charge in [-0.05, 0) is 30.7 Å². The first-order valence-corrected chi connectivity index (χ1v) is 7.18. The van der Waals surface area contributed by atoms with E-state index in [1.165, 1.54) is 7.11 Å². The SMILES string of the molecule is COC(=O)c1ccccc1NC(=O)c1[nH]c2ccccc2c1C. The summed E-state index contributed by atoms with van der Waals surface area (Å²) in [5.41, 5.74) is 2.98. The van der Waals surface area contributed by atoms with Crippen molar-refractivity contribution in [2.24, 2.45) is 0 Å². The Labute approximate surface area is 133 Å². The number of esters is 1. The lowest BCUT2D eigenvalue weighted by molar-refractivity contribution is 0.0602. The van der Waals surface area contributed by atoms with Gasteiger partial charge in [0.15, 0.2) is 0 Å². The van der Waals surface area contributed by atoms with E-state index in [-0.39, 0.29) is 5.91 Å². The minimum Gasteiger partial charge on any atom is -0.465 e. The van der Waals surface area contributed by atoms with Crippen LogP contribution in [0.15, 0.2) is 48.5 Å². The fraction of sp³-hybridized carbons (Fsp3) is 0.111. The van der Waals surface area contributed by atoms with Crippen molar-refractivity contribution in [1.82, 2.24) is 4.98 Å². The van der Waals surface area contributed by atoms with Crippen LogP contribution in [0.1, 0.15) is 26.4 Å². The molecular formula is C18H16N2O3. The number of H-pyrrole nitrogens is 1. The monoisotopic (exact) mass is 308 g/mol. The van der Waals surface area contributed by atoms with E-state index in [0.717, 1.165) is 16.5 Å². The van der Waals surface area contributed by atoms with E-state index >= 15 is 0 Å². The molecule has 2 N–H and O–H groups in total. The number of ether oxygens (including phenoxy) is 1. The molecule has 1 heterocycles. The van der Waals surface area contributed by atoms with Gasteiger partial charge in [-0.1, -0.05) is 30.3 Å². The number of aromatic nitrogens is 1. The van der Waals surface area contributed by atoms with E-state index in [4.69, 9.17) is 4.74 Å². The van der Waals surface area contributed by atoms with Crippen molar-refractivity contribution in [1.29, 1.82) is 0 Å². The highest BCUT2D eigenvalue weighted by atomic mass is 16.5. The fourth-order valence-electron chi connectivity index (χ4n) is 2.57. The number of para-hydroxylation sites is 2. The number of methoxy groups -OCH3 is 1. The van der Waals surface area contributed by atoms with Crippen LogP contribution in [0, 0.1) is 6.92 Å². The zero-order valence-corrected chi connectivity index (χ0v) is 12.8. The zero-order chi connectivity index (χ0) is 16.4. The molecular weight excluding hydrogens is 292 g/mol. The number of aromatic amines is 1. The van der Waals surface area contributed by atoms with E-state index in [9.17, 15) is 9.59 Å². The fourth-order valence-corrected chi connectivity index (χ4v) is 2.57. The molecule has 0 radical (unpaired) electrons. The highest BCUT2D eigenvalue weighted by Crippen LogP contribution is 2.23. The van der Waals surface area contributed by atoms with Gasteiger partial charge in [-0.25, -0.2) is 4.79 Å². The molecule has 1 amide bonds. The first-order valence-electron chi connectivity index (χ1n) is 7.18. The molecule has 0 aliphatic heterocycles. The molecule has 5 nitrogen and oxygen atoms in total. The number of amides is 1. The molecule has 3 rings (SSSR count). The third kappa shape index (κ3) is 2.68. The molecule has 0 bridgehead atoms. The van der Waals surface area contributed by atoms with Crippen molar-refractivity contribution in [2.45, 2.75) is 6.92 Å². The number of carbonyl (C=O) groups is 2. The van der Waals surface area contributed by atoms with Crippen LogP contribution in [0.25, 0.3) is 10.9 Å². The Morgan fingerprint density at radius 3 is 2.48 bits per heavy atom. The van der Waals surface area contributed by atoms with Gasteiger partial charge >= 0.3 is 5.97 Å². The molecule has 0 spiro atoms. The minimum absolute atomic E-state index is 0.296. The molecule has 0 aliphatic carbocycles. The molecule has 0 saturated carbocycles. The second-order valence-corrected chi connectivity index (χ2v) is 5.16. The maximum absolute atomic E-state index is 12.6. The third-order valence-electron chi connectivity index (χ3n) is 3.77. The lowest BCUT2D eigenvalue weighted by Crippen LogP contribution is -2.16. The minimum atomic E-state index is -0.491.